The van der Waals surface area contributed by atoms with Gasteiger partial charge in [-0.25, -0.2) is 0 Å². The van der Waals surface area contributed by atoms with Crippen LogP contribution in [0.2, 0.25) is 0 Å². The molecule has 0 radical (unpaired) electrons. The van der Waals surface area contributed by atoms with Gasteiger partial charge in [0.05, 0.1) is 18.4 Å². The van der Waals surface area contributed by atoms with E-state index in [1.807, 2.05) is 17.9 Å². The molecule has 0 amide bonds. The maximum atomic E-state index is 6.15. The number of likely N-dealkylation sites (N-methyl/N-ethyl adjacent to an activating group) is 1. The lowest BCUT2D eigenvalue weighted by Gasteiger charge is -2.39. The first-order chi connectivity index (χ1) is 9.76. The van der Waals surface area contributed by atoms with Gasteiger partial charge in [0, 0.05) is 38.3 Å². The number of fused-ring (bicyclic) bond motifs is 1. The third-order valence-corrected chi connectivity index (χ3v) is 4.53. The van der Waals surface area contributed by atoms with Gasteiger partial charge in [0.2, 0.25) is 0 Å². The molecule has 3 unspecified atom stereocenters. The number of nitrogens with zero attached hydrogens (tertiary/aromatic N) is 3. The molecule has 3 atom stereocenters. The van der Waals surface area contributed by atoms with Crippen LogP contribution < -0.4 is 5.32 Å². The first kappa shape index (κ1) is 14.0. The van der Waals surface area contributed by atoms with Crippen molar-refractivity contribution in [3.05, 3.63) is 18.0 Å². The first-order valence-corrected chi connectivity index (χ1v) is 7.84. The molecule has 0 bridgehead atoms. The molecule has 0 aliphatic carbocycles. The summed E-state index contributed by atoms with van der Waals surface area (Å²) in [6.45, 7) is 6.34. The van der Waals surface area contributed by atoms with Gasteiger partial charge in [0.1, 0.15) is 0 Å². The van der Waals surface area contributed by atoms with E-state index >= 15 is 0 Å². The molecule has 1 aromatic heterocycles. The quantitative estimate of drug-likeness (QED) is 0.865. The van der Waals surface area contributed by atoms with E-state index in [-0.39, 0.29) is 6.10 Å². The van der Waals surface area contributed by atoms with Crippen molar-refractivity contribution in [2.45, 2.75) is 44.4 Å². The summed E-state index contributed by atoms with van der Waals surface area (Å²) >= 11 is 0. The van der Waals surface area contributed by atoms with Gasteiger partial charge in [-0.3, -0.25) is 9.58 Å². The molecular formula is C15H26N4O. The fourth-order valence-electron chi connectivity index (χ4n) is 3.48. The van der Waals surface area contributed by atoms with E-state index in [1.165, 1.54) is 19.4 Å². The maximum absolute atomic E-state index is 6.15. The van der Waals surface area contributed by atoms with Crippen molar-refractivity contribution in [2.24, 2.45) is 7.05 Å². The van der Waals surface area contributed by atoms with Gasteiger partial charge in [-0.15, -0.1) is 0 Å². The first-order valence-electron chi connectivity index (χ1n) is 7.84. The van der Waals surface area contributed by atoms with Crippen LogP contribution in [0.1, 0.15) is 25.5 Å². The van der Waals surface area contributed by atoms with E-state index < -0.39 is 0 Å². The van der Waals surface area contributed by atoms with Gasteiger partial charge in [-0.05, 0) is 32.0 Å². The molecule has 3 heterocycles. The second kappa shape index (κ2) is 6.24. The highest BCUT2D eigenvalue weighted by Gasteiger charge is 2.35. The summed E-state index contributed by atoms with van der Waals surface area (Å²) in [5.41, 5.74) is 1.14. The van der Waals surface area contributed by atoms with Gasteiger partial charge in [-0.2, -0.15) is 5.10 Å². The highest BCUT2D eigenvalue weighted by Crippen LogP contribution is 2.24. The zero-order chi connectivity index (χ0) is 13.9. The van der Waals surface area contributed by atoms with Crippen LogP contribution >= 0.6 is 0 Å². The Bertz CT molecular complexity index is 433. The minimum absolute atomic E-state index is 0.284. The third-order valence-electron chi connectivity index (χ3n) is 4.53. The molecular weight excluding hydrogens is 252 g/mol. The molecule has 1 aromatic rings. The van der Waals surface area contributed by atoms with Gasteiger partial charge in [0.15, 0.2) is 0 Å². The van der Waals surface area contributed by atoms with Crippen molar-refractivity contribution in [1.29, 1.82) is 0 Å². The van der Waals surface area contributed by atoms with Crippen molar-refractivity contribution in [3.63, 3.8) is 0 Å². The Morgan fingerprint density at radius 1 is 1.55 bits per heavy atom. The fraction of sp³-hybridized carbons (Fsp3) is 0.800. The van der Waals surface area contributed by atoms with Crippen molar-refractivity contribution in [1.82, 2.24) is 20.0 Å². The number of hydrogen-bond acceptors (Lipinski definition) is 4. The van der Waals surface area contributed by atoms with Crippen LogP contribution in [0.5, 0.6) is 0 Å². The number of aryl methyl sites for hydroxylation is 1. The number of hydrogen-bond donors (Lipinski definition) is 1. The predicted octanol–water partition coefficient (Wildman–Crippen LogP) is 0.804. The van der Waals surface area contributed by atoms with E-state index in [4.69, 9.17) is 4.74 Å². The molecule has 0 aromatic carbocycles. The maximum Gasteiger partial charge on any atom is 0.0859 e. The Labute approximate surface area is 121 Å². The van der Waals surface area contributed by atoms with Gasteiger partial charge >= 0.3 is 0 Å². The summed E-state index contributed by atoms with van der Waals surface area (Å²) in [7, 11) is 1.97. The summed E-state index contributed by atoms with van der Waals surface area (Å²) in [5.74, 6) is 0. The molecule has 2 saturated heterocycles. The van der Waals surface area contributed by atoms with Crippen LogP contribution in [0.25, 0.3) is 0 Å². The largest absolute Gasteiger partial charge is 0.374 e. The van der Waals surface area contributed by atoms with Crippen molar-refractivity contribution in [3.8, 4) is 0 Å². The molecule has 0 spiro atoms. The number of nitrogens with one attached hydrogen (secondary N) is 1. The summed E-state index contributed by atoms with van der Waals surface area (Å²) in [6, 6.07) is 3.13. The highest BCUT2D eigenvalue weighted by molar-refractivity contribution is 5.03. The van der Waals surface area contributed by atoms with E-state index in [0.29, 0.717) is 12.1 Å². The van der Waals surface area contributed by atoms with Crippen molar-refractivity contribution >= 4 is 0 Å². The predicted molar refractivity (Wildman–Crippen MR) is 78.7 cm³/mol. The standard InChI is InChI=1S/C15H26N4O/c1-3-16-14(9-12-6-8-18(2)17-12)15-10-19-7-4-5-13(19)11-20-15/h6,8,13-16H,3-5,7,9-11H2,1-2H3. The topological polar surface area (TPSA) is 42.3 Å². The number of rotatable bonds is 5. The Hall–Kier alpha value is -0.910. The minimum Gasteiger partial charge on any atom is -0.374 e. The van der Waals surface area contributed by atoms with Crippen molar-refractivity contribution in [2.75, 3.05) is 26.2 Å². The van der Waals surface area contributed by atoms with E-state index in [1.54, 1.807) is 0 Å². The second-order valence-electron chi connectivity index (χ2n) is 6.01. The van der Waals surface area contributed by atoms with Crippen LogP contribution in [-0.4, -0.2) is 59.1 Å². The Morgan fingerprint density at radius 3 is 3.20 bits per heavy atom. The number of morpholine rings is 1. The summed E-state index contributed by atoms with van der Waals surface area (Å²) < 4.78 is 8.02. The van der Waals surface area contributed by atoms with Gasteiger partial charge in [0.25, 0.3) is 0 Å². The van der Waals surface area contributed by atoms with E-state index in [9.17, 15) is 0 Å². The average molecular weight is 278 g/mol. The molecule has 3 rings (SSSR count). The summed E-state index contributed by atoms with van der Waals surface area (Å²) in [6.07, 6.45) is 5.87. The Morgan fingerprint density at radius 2 is 2.45 bits per heavy atom. The lowest BCUT2D eigenvalue weighted by atomic mass is 10.0. The zero-order valence-electron chi connectivity index (χ0n) is 12.6. The molecule has 2 aliphatic heterocycles. The third kappa shape index (κ3) is 3.05. The van der Waals surface area contributed by atoms with Crippen LogP contribution in [-0.2, 0) is 18.2 Å². The molecule has 1 N–H and O–H groups in total. The zero-order valence-corrected chi connectivity index (χ0v) is 12.6. The lowest BCUT2D eigenvalue weighted by Crippen LogP contribution is -2.54. The van der Waals surface area contributed by atoms with Crippen LogP contribution in [0.4, 0.5) is 0 Å². The Balaban J connectivity index is 1.63. The molecule has 0 saturated carbocycles. The molecule has 2 fully saturated rings. The monoisotopic (exact) mass is 278 g/mol. The molecule has 5 nitrogen and oxygen atoms in total. The number of ether oxygens (including phenoxy) is 1. The summed E-state index contributed by atoms with van der Waals surface area (Å²) in [5, 5.41) is 8.09. The molecule has 20 heavy (non-hydrogen) atoms. The molecule has 112 valence electrons. The average Bonchev–Trinajstić information content (AvgIpc) is 3.06. The SMILES string of the molecule is CCNC(Cc1ccn(C)n1)C1CN2CCCC2CO1. The van der Waals surface area contributed by atoms with Gasteiger partial charge in [-0.1, -0.05) is 6.92 Å². The lowest BCUT2D eigenvalue weighted by molar-refractivity contribution is -0.0643. The van der Waals surface area contributed by atoms with Crippen LogP contribution in [0.15, 0.2) is 12.3 Å². The van der Waals surface area contributed by atoms with Crippen LogP contribution in [0.3, 0.4) is 0 Å². The molecule has 2 aliphatic rings. The normalized spacial score (nSPS) is 28.5. The van der Waals surface area contributed by atoms with Gasteiger partial charge < -0.3 is 10.1 Å². The smallest absolute Gasteiger partial charge is 0.0859 e. The fourth-order valence-corrected chi connectivity index (χ4v) is 3.48. The van der Waals surface area contributed by atoms with Crippen LogP contribution in [0, 0.1) is 0 Å². The summed E-state index contributed by atoms with van der Waals surface area (Å²) in [4.78, 5) is 2.61. The Kier molecular flexibility index (Phi) is 4.38. The van der Waals surface area contributed by atoms with Crippen molar-refractivity contribution < 1.29 is 4.74 Å². The second-order valence-corrected chi connectivity index (χ2v) is 6.01. The van der Waals surface area contributed by atoms with E-state index in [2.05, 4.69) is 28.3 Å². The molecule has 5 heteroatoms. The minimum atomic E-state index is 0.284. The van der Waals surface area contributed by atoms with E-state index in [0.717, 1.165) is 31.8 Å². The highest BCUT2D eigenvalue weighted by atomic mass is 16.5. The number of aromatic nitrogens is 2.